The summed E-state index contributed by atoms with van der Waals surface area (Å²) in [6.07, 6.45) is 2.29. The number of likely N-dealkylation sites (tertiary alicyclic amines) is 1. The molecule has 0 spiro atoms. The van der Waals surface area contributed by atoms with Gasteiger partial charge in [0.1, 0.15) is 12.1 Å². The fourth-order valence-electron chi connectivity index (χ4n) is 3.38. The number of carbonyl (C=O) groups excluding carboxylic acids is 2. The average molecular weight is 437 g/mol. The molecule has 1 aliphatic rings. The van der Waals surface area contributed by atoms with E-state index in [0.717, 1.165) is 12.5 Å². The standard InChI is InChI=1S/C20H28N2O5.C2H4O2/c1-3-27-20(26)16(12-11-15-8-5-4-6-9-15)21-14(2)18(23)22-13-7-10-17(22)19(24)25;1-2(3)4/h4-6,8-9,14,16-17,21H,3,7,10-13H2,1-2H3,(H,24,25);1H3,(H,3,4)/t14-,16-,17-;/m0./s1. The Labute approximate surface area is 182 Å². The molecule has 3 N–H and O–H groups in total. The van der Waals surface area contributed by atoms with Crippen molar-refractivity contribution in [3.8, 4) is 0 Å². The van der Waals surface area contributed by atoms with Crippen LogP contribution in [0.5, 0.6) is 0 Å². The maximum atomic E-state index is 12.7. The predicted molar refractivity (Wildman–Crippen MR) is 113 cm³/mol. The predicted octanol–water partition coefficient (Wildman–Crippen LogP) is 1.70. The van der Waals surface area contributed by atoms with Gasteiger partial charge in [0.2, 0.25) is 5.91 Å². The fraction of sp³-hybridized carbons (Fsp3) is 0.545. The quantitative estimate of drug-likeness (QED) is 0.498. The molecular weight excluding hydrogens is 404 g/mol. The molecular formula is C22H32N2O7. The smallest absolute Gasteiger partial charge is 0.326 e. The van der Waals surface area contributed by atoms with E-state index in [9.17, 15) is 19.5 Å². The van der Waals surface area contributed by atoms with Crippen molar-refractivity contribution in [3.63, 3.8) is 0 Å². The monoisotopic (exact) mass is 436 g/mol. The summed E-state index contributed by atoms with van der Waals surface area (Å²) >= 11 is 0. The zero-order valence-corrected chi connectivity index (χ0v) is 18.2. The first kappa shape index (κ1) is 26.1. The summed E-state index contributed by atoms with van der Waals surface area (Å²) in [4.78, 5) is 46.7. The Morgan fingerprint density at radius 2 is 1.81 bits per heavy atom. The van der Waals surface area contributed by atoms with Gasteiger partial charge in [0.25, 0.3) is 5.97 Å². The molecule has 0 unspecified atom stereocenters. The van der Waals surface area contributed by atoms with Gasteiger partial charge in [0.05, 0.1) is 12.6 Å². The van der Waals surface area contributed by atoms with E-state index in [4.69, 9.17) is 14.6 Å². The van der Waals surface area contributed by atoms with Crippen molar-refractivity contribution in [3.05, 3.63) is 35.9 Å². The van der Waals surface area contributed by atoms with Crippen molar-refractivity contribution in [2.24, 2.45) is 0 Å². The van der Waals surface area contributed by atoms with E-state index in [-0.39, 0.29) is 12.5 Å². The molecule has 1 fully saturated rings. The second-order valence-electron chi connectivity index (χ2n) is 7.26. The zero-order chi connectivity index (χ0) is 23.4. The molecule has 0 saturated carbocycles. The van der Waals surface area contributed by atoms with E-state index < -0.39 is 36.0 Å². The van der Waals surface area contributed by atoms with Gasteiger partial charge in [0, 0.05) is 13.5 Å². The van der Waals surface area contributed by atoms with E-state index in [1.54, 1.807) is 13.8 Å². The highest BCUT2D eigenvalue weighted by Gasteiger charge is 2.36. The summed E-state index contributed by atoms with van der Waals surface area (Å²) in [7, 11) is 0. The Bertz CT molecular complexity index is 735. The van der Waals surface area contributed by atoms with E-state index in [0.29, 0.717) is 32.2 Å². The molecule has 1 aromatic carbocycles. The van der Waals surface area contributed by atoms with Crippen molar-refractivity contribution in [1.29, 1.82) is 0 Å². The van der Waals surface area contributed by atoms with Crippen molar-refractivity contribution >= 4 is 23.8 Å². The lowest BCUT2D eigenvalue weighted by Gasteiger charge is -2.27. The number of benzene rings is 1. The lowest BCUT2D eigenvalue weighted by atomic mass is 10.0. The van der Waals surface area contributed by atoms with E-state index in [2.05, 4.69) is 5.32 Å². The number of ether oxygens (including phenoxy) is 1. The molecule has 1 aliphatic heterocycles. The molecule has 9 heteroatoms. The van der Waals surface area contributed by atoms with Gasteiger partial charge in [-0.25, -0.2) is 4.79 Å². The summed E-state index contributed by atoms with van der Waals surface area (Å²) in [5, 5.41) is 19.7. The van der Waals surface area contributed by atoms with Crippen LogP contribution in [0.3, 0.4) is 0 Å². The van der Waals surface area contributed by atoms with E-state index in [1.807, 2.05) is 30.3 Å². The molecule has 1 saturated heterocycles. The Kier molecular flexibility index (Phi) is 11.3. The number of aryl methyl sites for hydroxylation is 1. The second kappa shape index (κ2) is 13.4. The third-order valence-corrected chi connectivity index (χ3v) is 4.78. The van der Waals surface area contributed by atoms with Gasteiger partial charge >= 0.3 is 11.9 Å². The van der Waals surface area contributed by atoms with Gasteiger partial charge < -0.3 is 19.8 Å². The van der Waals surface area contributed by atoms with Gasteiger partial charge in [-0.15, -0.1) is 0 Å². The molecule has 0 bridgehead atoms. The largest absolute Gasteiger partial charge is 0.481 e. The highest BCUT2D eigenvalue weighted by atomic mass is 16.5. The molecule has 0 radical (unpaired) electrons. The minimum Gasteiger partial charge on any atom is -0.481 e. The Morgan fingerprint density at radius 1 is 1.19 bits per heavy atom. The van der Waals surface area contributed by atoms with Crippen LogP contribution in [-0.4, -0.2) is 70.2 Å². The van der Waals surface area contributed by atoms with Crippen LogP contribution in [0.15, 0.2) is 30.3 Å². The third kappa shape index (κ3) is 9.17. The van der Waals surface area contributed by atoms with Crippen LogP contribution in [0.1, 0.15) is 45.6 Å². The van der Waals surface area contributed by atoms with Crippen molar-refractivity contribution in [2.75, 3.05) is 13.2 Å². The number of amides is 1. The molecule has 172 valence electrons. The van der Waals surface area contributed by atoms with Crippen molar-refractivity contribution < 1.29 is 34.1 Å². The van der Waals surface area contributed by atoms with Crippen molar-refractivity contribution in [2.45, 2.75) is 64.6 Å². The number of carboxylic acids is 2. The van der Waals surface area contributed by atoms with E-state index >= 15 is 0 Å². The summed E-state index contributed by atoms with van der Waals surface area (Å²) in [6.45, 7) is 5.17. The van der Waals surface area contributed by atoms with Crippen LogP contribution in [0.4, 0.5) is 0 Å². The van der Waals surface area contributed by atoms with E-state index in [1.165, 1.54) is 4.90 Å². The molecule has 2 rings (SSSR count). The lowest BCUT2D eigenvalue weighted by Crippen LogP contribution is -2.53. The van der Waals surface area contributed by atoms with Gasteiger partial charge in [-0.05, 0) is 45.1 Å². The first-order valence-electron chi connectivity index (χ1n) is 10.4. The number of nitrogens with one attached hydrogen (secondary N) is 1. The number of nitrogens with zero attached hydrogens (tertiary/aromatic N) is 1. The molecule has 9 nitrogen and oxygen atoms in total. The maximum absolute atomic E-state index is 12.7. The lowest BCUT2D eigenvalue weighted by molar-refractivity contribution is -0.150. The minimum atomic E-state index is -0.987. The topological polar surface area (TPSA) is 133 Å². The van der Waals surface area contributed by atoms with Crippen LogP contribution in [0.25, 0.3) is 0 Å². The van der Waals surface area contributed by atoms with Crippen LogP contribution >= 0.6 is 0 Å². The second-order valence-corrected chi connectivity index (χ2v) is 7.26. The first-order chi connectivity index (χ1) is 14.7. The fourth-order valence-corrected chi connectivity index (χ4v) is 3.38. The minimum absolute atomic E-state index is 0.262. The number of hydrogen-bond donors (Lipinski definition) is 3. The Morgan fingerprint density at radius 3 is 2.35 bits per heavy atom. The summed E-state index contributed by atoms with van der Waals surface area (Å²) in [5.74, 6) is -2.52. The number of rotatable bonds is 9. The number of hydrogen-bond acceptors (Lipinski definition) is 6. The number of esters is 1. The molecule has 1 heterocycles. The van der Waals surface area contributed by atoms with Crippen molar-refractivity contribution in [1.82, 2.24) is 10.2 Å². The third-order valence-electron chi connectivity index (χ3n) is 4.78. The number of aliphatic carboxylic acids is 2. The SMILES string of the molecule is CC(=O)O.CCOC(=O)[C@H](CCc1ccccc1)N[C@@H](C)C(=O)N1CCC[C@H]1C(=O)O. The van der Waals surface area contributed by atoms with Gasteiger partial charge in [-0.1, -0.05) is 30.3 Å². The van der Waals surface area contributed by atoms with Crippen LogP contribution in [0, 0.1) is 0 Å². The van der Waals surface area contributed by atoms with Gasteiger partial charge in [-0.2, -0.15) is 0 Å². The first-order valence-corrected chi connectivity index (χ1v) is 10.4. The van der Waals surface area contributed by atoms with Gasteiger partial charge in [-0.3, -0.25) is 19.7 Å². The summed E-state index contributed by atoms with van der Waals surface area (Å²) in [6, 6.07) is 7.69. The van der Waals surface area contributed by atoms with Crippen LogP contribution < -0.4 is 5.32 Å². The normalized spacial score (nSPS) is 17.1. The highest BCUT2D eigenvalue weighted by molar-refractivity contribution is 5.88. The zero-order valence-electron chi connectivity index (χ0n) is 18.2. The van der Waals surface area contributed by atoms with Gasteiger partial charge in [0.15, 0.2) is 0 Å². The molecule has 1 aromatic rings. The Balaban J connectivity index is 0.00000110. The van der Waals surface area contributed by atoms with Crippen LogP contribution in [0.2, 0.25) is 0 Å². The summed E-state index contributed by atoms with van der Waals surface area (Å²) < 4.78 is 5.14. The molecule has 31 heavy (non-hydrogen) atoms. The average Bonchev–Trinajstić information content (AvgIpc) is 3.21. The number of carbonyl (C=O) groups is 4. The summed E-state index contributed by atoms with van der Waals surface area (Å²) in [5.41, 5.74) is 1.10. The van der Waals surface area contributed by atoms with Crippen LogP contribution in [-0.2, 0) is 30.3 Å². The Hall–Kier alpha value is -2.94. The maximum Gasteiger partial charge on any atom is 0.326 e. The number of carboxylic acid groups (broad SMARTS) is 2. The molecule has 0 aliphatic carbocycles. The molecule has 0 aromatic heterocycles. The molecule has 1 amide bonds. The highest BCUT2D eigenvalue weighted by Crippen LogP contribution is 2.19. The molecule has 3 atom stereocenters.